The molecule has 0 saturated carbocycles. The van der Waals surface area contributed by atoms with E-state index >= 15 is 0 Å². The molecule has 0 aliphatic heterocycles. The molecule has 0 atom stereocenters. The van der Waals surface area contributed by atoms with Crippen LogP contribution in [0, 0.1) is 6.92 Å². The summed E-state index contributed by atoms with van der Waals surface area (Å²) in [6.45, 7) is 5.48. The SMILES string of the molecule is [CH2]CC(F)(F)CCCCCCCCCCC. The van der Waals surface area contributed by atoms with E-state index in [-0.39, 0.29) is 12.8 Å². The summed E-state index contributed by atoms with van der Waals surface area (Å²) in [7, 11) is 0. The molecule has 0 spiro atoms. The van der Waals surface area contributed by atoms with Crippen molar-refractivity contribution in [2.24, 2.45) is 0 Å². The molecule has 0 heterocycles. The second kappa shape index (κ2) is 10.0. The highest BCUT2D eigenvalue weighted by Crippen LogP contribution is 2.25. The highest BCUT2D eigenvalue weighted by molar-refractivity contribution is 4.66. The maximum Gasteiger partial charge on any atom is 0.248 e. The van der Waals surface area contributed by atoms with Gasteiger partial charge in [0.05, 0.1) is 0 Å². The van der Waals surface area contributed by atoms with Gasteiger partial charge in [-0.1, -0.05) is 58.3 Å². The van der Waals surface area contributed by atoms with Crippen LogP contribution in [0.15, 0.2) is 0 Å². The molecular weight excluding hydrogens is 206 g/mol. The third-order valence-electron chi connectivity index (χ3n) is 3.01. The molecule has 97 valence electrons. The van der Waals surface area contributed by atoms with E-state index in [1.807, 2.05) is 0 Å². The van der Waals surface area contributed by atoms with Crippen molar-refractivity contribution < 1.29 is 8.78 Å². The molecule has 2 heteroatoms. The third kappa shape index (κ3) is 10.4. The Bertz CT molecular complexity index is 144. The average molecular weight is 233 g/mol. The fraction of sp³-hybridized carbons (Fsp3) is 0.929. The number of hydrogen-bond acceptors (Lipinski definition) is 0. The summed E-state index contributed by atoms with van der Waals surface area (Å²) in [6.07, 6.45) is 10.2. The van der Waals surface area contributed by atoms with Gasteiger partial charge in [0.15, 0.2) is 0 Å². The predicted octanol–water partition coefficient (Wildman–Crippen LogP) is 5.77. The van der Waals surface area contributed by atoms with E-state index in [0.29, 0.717) is 6.42 Å². The van der Waals surface area contributed by atoms with E-state index in [0.717, 1.165) is 12.8 Å². The minimum atomic E-state index is -2.53. The van der Waals surface area contributed by atoms with Crippen molar-refractivity contribution in [3.63, 3.8) is 0 Å². The molecule has 0 aromatic heterocycles. The molecule has 0 rings (SSSR count). The number of hydrogen-bond donors (Lipinski definition) is 0. The van der Waals surface area contributed by atoms with Crippen LogP contribution in [0.1, 0.15) is 77.6 Å². The minimum Gasteiger partial charge on any atom is -0.207 e. The average Bonchev–Trinajstić information content (AvgIpc) is 2.27. The standard InChI is InChI=1S/C14H27F2/c1-3-5-6-7-8-9-10-11-12-13-14(15,16)4-2/h2-13H2,1H3. The Balaban J connectivity index is 3.10. The summed E-state index contributed by atoms with van der Waals surface area (Å²) in [4.78, 5) is 0. The lowest BCUT2D eigenvalue weighted by Gasteiger charge is -2.12. The van der Waals surface area contributed by atoms with E-state index in [2.05, 4.69) is 13.8 Å². The van der Waals surface area contributed by atoms with Gasteiger partial charge in [-0.15, -0.1) is 0 Å². The molecule has 0 unspecified atom stereocenters. The van der Waals surface area contributed by atoms with Crippen molar-refractivity contribution in [1.29, 1.82) is 0 Å². The highest BCUT2D eigenvalue weighted by Gasteiger charge is 2.24. The zero-order chi connectivity index (χ0) is 12.3. The molecule has 0 amide bonds. The van der Waals surface area contributed by atoms with E-state index in [9.17, 15) is 8.78 Å². The Kier molecular flexibility index (Phi) is 9.95. The van der Waals surface area contributed by atoms with Crippen LogP contribution in [-0.4, -0.2) is 5.92 Å². The van der Waals surface area contributed by atoms with Crippen molar-refractivity contribution in [2.75, 3.05) is 0 Å². The summed E-state index contributed by atoms with van der Waals surface area (Å²) < 4.78 is 25.6. The van der Waals surface area contributed by atoms with Crippen LogP contribution in [0.25, 0.3) is 0 Å². The van der Waals surface area contributed by atoms with Crippen LogP contribution >= 0.6 is 0 Å². The Labute approximate surface area is 99.8 Å². The van der Waals surface area contributed by atoms with Crippen molar-refractivity contribution in [2.45, 2.75) is 83.5 Å². The molecule has 0 aliphatic rings. The van der Waals surface area contributed by atoms with Crippen molar-refractivity contribution in [3.05, 3.63) is 6.92 Å². The molecule has 0 aromatic carbocycles. The molecule has 0 N–H and O–H groups in total. The minimum absolute atomic E-state index is 0.0202. The van der Waals surface area contributed by atoms with E-state index in [1.54, 1.807) is 0 Å². The van der Waals surface area contributed by atoms with Crippen LogP contribution in [0.5, 0.6) is 0 Å². The van der Waals surface area contributed by atoms with Gasteiger partial charge in [-0.25, -0.2) is 8.78 Å². The molecule has 0 saturated heterocycles. The molecule has 0 aromatic rings. The molecule has 0 nitrogen and oxygen atoms in total. The van der Waals surface area contributed by atoms with Crippen LogP contribution in [0.4, 0.5) is 8.78 Å². The van der Waals surface area contributed by atoms with E-state index in [1.165, 1.54) is 38.5 Å². The number of unbranched alkanes of at least 4 members (excludes halogenated alkanes) is 8. The first kappa shape index (κ1) is 15.9. The Morgan fingerprint density at radius 1 is 0.812 bits per heavy atom. The topological polar surface area (TPSA) is 0 Å². The van der Waals surface area contributed by atoms with Crippen LogP contribution in [-0.2, 0) is 0 Å². The second-order valence-electron chi connectivity index (χ2n) is 4.68. The van der Waals surface area contributed by atoms with Gasteiger partial charge < -0.3 is 0 Å². The maximum atomic E-state index is 12.8. The molecular formula is C14H27F2. The fourth-order valence-corrected chi connectivity index (χ4v) is 1.82. The molecule has 1 radical (unpaired) electrons. The van der Waals surface area contributed by atoms with Gasteiger partial charge in [0.2, 0.25) is 5.92 Å². The molecule has 0 aliphatic carbocycles. The van der Waals surface area contributed by atoms with Gasteiger partial charge in [0.25, 0.3) is 0 Å². The summed E-state index contributed by atoms with van der Waals surface area (Å²) >= 11 is 0. The largest absolute Gasteiger partial charge is 0.248 e. The Morgan fingerprint density at radius 3 is 1.69 bits per heavy atom. The van der Waals surface area contributed by atoms with Crippen molar-refractivity contribution in [1.82, 2.24) is 0 Å². The van der Waals surface area contributed by atoms with Gasteiger partial charge in [-0.3, -0.25) is 0 Å². The van der Waals surface area contributed by atoms with E-state index in [4.69, 9.17) is 0 Å². The quantitative estimate of drug-likeness (QED) is 0.397. The van der Waals surface area contributed by atoms with Gasteiger partial charge in [0.1, 0.15) is 0 Å². The first-order valence-electron chi connectivity index (χ1n) is 6.79. The first-order valence-corrected chi connectivity index (χ1v) is 6.79. The lowest BCUT2D eigenvalue weighted by atomic mass is 10.0. The summed E-state index contributed by atoms with van der Waals surface area (Å²) in [6, 6.07) is 0. The maximum absolute atomic E-state index is 12.8. The number of rotatable bonds is 11. The normalized spacial score (nSPS) is 12.0. The molecule has 0 fully saturated rings. The van der Waals surface area contributed by atoms with Gasteiger partial charge in [0, 0.05) is 12.8 Å². The smallest absolute Gasteiger partial charge is 0.207 e. The number of alkyl halides is 2. The lowest BCUT2D eigenvalue weighted by Crippen LogP contribution is -2.13. The van der Waals surface area contributed by atoms with Crippen LogP contribution < -0.4 is 0 Å². The third-order valence-corrected chi connectivity index (χ3v) is 3.01. The molecule has 16 heavy (non-hydrogen) atoms. The number of halogens is 2. The first-order chi connectivity index (χ1) is 7.62. The highest BCUT2D eigenvalue weighted by atomic mass is 19.3. The lowest BCUT2D eigenvalue weighted by molar-refractivity contribution is -0.00752. The summed E-state index contributed by atoms with van der Waals surface area (Å²) in [5.41, 5.74) is 0. The van der Waals surface area contributed by atoms with Crippen LogP contribution in [0.2, 0.25) is 0 Å². The van der Waals surface area contributed by atoms with E-state index < -0.39 is 5.92 Å². The fourth-order valence-electron chi connectivity index (χ4n) is 1.82. The van der Waals surface area contributed by atoms with Gasteiger partial charge >= 0.3 is 0 Å². The summed E-state index contributed by atoms with van der Waals surface area (Å²) in [5.74, 6) is -2.53. The predicted molar refractivity (Wildman–Crippen MR) is 66.8 cm³/mol. The van der Waals surface area contributed by atoms with Crippen molar-refractivity contribution >= 4 is 0 Å². The zero-order valence-corrected chi connectivity index (χ0v) is 10.7. The Hall–Kier alpha value is -0.140. The zero-order valence-electron chi connectivity index (χ0n) is 10.7. The van der Waals surface area contributed by atoms with Gasteiger partial charge in [-0.2, -0.15) is 0 Å². The molecule has 0 bridgehead atoms. The van der Waals surface area contributed by atoms with Crippen molar-refractivity contribution in [3.8, 4) is 0 Å². The Morgan fingerprint density at radius 2 is 1.25 bits per heavy atom. The monoisotopic (exact) mass is 233 g/mol. The van der Waals surface area contributed by atoms with Gasteiger partial charge in [-0.05, 0) is 13.3 Å². The van der Waals surface area contributed by atoms with Crippen LogP contribution in [0.3, 0.4) is 0 Å². The second-order valence-corrected chi connectivity index (χ2v) is 4.68. The summed E-state index contributed by atoms with van der Waals surface area (Å²) in [5, 5.41) is 0.